The number of thiocarbonyl (C=S) groups is 1. The minimum atomic E-state index is 0.162. The van der Waals surface area contributed by atoms with Crippen molar-refractivity contribution in [3.8, 4) is 11.5 Å². The Morgan fingerprint density at radius 2 is 1.96 bits per heavy atom. The molecule has 4 N–H and O–H groups in total. The van der Waals surface area contributed by atoms with Gasteiger partial charge < -0.3 is 15.2 Å². The van der Waals surface area contributed by atoms with Gasteiger partial charge in [0.05, 0.1) is 11.1 Å². The van der Waals surface area contributed by atoms with Crippen LogP contribution in [-0.2, 0) is 6.61 Å². The molecule has 8 heteroatoms. The monoisotopic (exact) mass is 486 g/mol. The molecule has 0 saturated carbocycles. The molecule has 2 aromatic carbocycles. The molecule has 2 aromatic rings. The summed E-state index contributed by atoms with van der Waals surface area (Å²) in [4.78, 5) is 0. The molecule has 0 aliphatic rings. The van der Waals surface area contributed by atoms with Gasteiger partial charge in [0.1, 0.15) is 6.61 Å². The highest BCUT2D eigenvalue weighted by atomic mass is 79.9. The molecular weight excluding hydrogens is 470 g/mol. The lowest BCUT2D eigenvalue weighted by Crippen LogP contribution is -2.82. The van der Waals surface area contributed by atoms with E-state index in [0.717, 1.165) is 20.1 Å². The standard InChI is InChI=1S/C17H17Br2N3O2S/c1-2-23-15-8-12(9-21-22-17(20)25)7-14(19)16(15)24-10-11-3-5-13(18)6-4-11/h3-9H,2,10H2,1H3,(H3,20,22,25)/p+1. The Morgan fingerprint density at radius 3 is 2.60 bits per heavy atom. The van der Waals surface area contributed by atoms with Gasteiger partial charge >= 0.3 is 0 Å². The molecule has 5 nitrogen and oxygen atoms in total. The Bertz CT molecular complexity index is 767. The van der Waals surface area contributed by atoms with Crippen LogP contribution in [0.2, 0.25) is 0 Å². The van der Waals surface area contributed by atoms with Gasteiger partial charge in [0, 0.05) is 10.0 Å². The van der Waals surface area contributed by atoms with Crippen molar-refractivity contribution in [2.24, 2.45) is 5.73 Å². The van der Waals surface area contributed by atoms with Crippen LogP contribution >= 0.6 is 44.1 Å². The van der Waals surface area contributed by atoms with Crippen molar-refractivity contribution in [2.75, 3.05) is 6.61 Å². The van der Waals surface area contributed by atoms with Crippen LogP contribution in [0.25, 0.3) is 0 Å². The molecule has 132 valence electrons. The lowest BCUT2D eigenvalue weighted by atomic mass is 10.2. The topological polar surface area (TPSA) is 70.5 Å². The highest BCUT2D eigenvalue weighted by Crippen LogP contribution is 2.37. The second-order valence-electron chi connectivity index (χ2n) is 4.96. The normalized spacial score (nSPS) is 10.7. The number of nitrogens with one attached hydrogen (secondary N) is 2. The zero-order valence-corrected chi connectivity index (χ0v) is 17.5. The molecule has 0 unspecified atom stereocenters. The lowest BCUT2D eigenvalue weighted by Gasteiger charge is -2.14. The molecule has 0 amide bonds. The maximum atomic E-state index is 5.97. The van der Waals surface area contributed by atoms with E-state index in [-0.39, 0.29) is 5.11 Å². The van der Waals surface area contributed by atoms with Gasteiger partial charge in [-0.05, 0) is 64.9 Å². The summed E-state index contributed by atoms with van der Waals surface area (Å²) in [6, 6.07) is 11.8. The van der Waals surface area contributed by atoms with E-state index in [1.165, 1.54) is 0 Å². The van der Waals surface area contributed by atoms with Crippen LogP contribution in [0.15, 0.2) is 45.3 Å². The Kier molecular flexibility index (Phi) is 7.67. The van der Waals surface area contributed by atoms with Gasteiger partial charge in [-0.15, -0.1) is 10.5 Å². The third kappa shape index (κ3) is 6.30. The van der Waals surface area contributed by atoms with Gasteiger partial charge in [-0.1, -0.05) is 28.1 Å². The van der Waals surface area contributed by atoms with Crippen LogP contribution in [0.3, 0.4) is 0 Å². The van der Waals surface area contributed by atoms with Gasteiger partial charge in [-0.2, -0.15) is 0 Å². The Hall–Kier alpha value is -1.64. The second kappa shape index (κ2) is 9.74. The van der Waals surface area contributed by atoms with Crippen LogP contribution in [0.5, 0.6) is 11.5 Å². The average Bonchev–Trinajstić information content (AvgIpc) is 2.55. The summed E-state index contributed by atoms with van der Waals surface area (Å²) < 4.78 is 13.5. The largest absolute Gasteiger partial charge is 0.490 e. The highest BCUT2D eigenvalue weighted by molar-refractivity contribution is 9.10. The maximum absolute atomic E-state index is 5.97. The fraction of sp³-hybridized carbons (Fsp3) is 0.176. The van der Waals surface area contributed by atoms with E-state index in [1.54, 1.807) is 6.21 Å². The van der Waals surface area contributed by atoms with E-state index >= 15 is 0 Å². The van der Waals surface area contributed by atoms with Crippen molar-refractivity contribution in [3.63, 3.8) is 0 Å². The molecule has 0 fully saturated rings. The van der Waals surface area contributed by atoms with Gasteiger partial charge in [-0.25, -0.2) is 0 Å². The van der Waals surface area contributed by atoms with Crippen LogP contribution in [-0.4, -0.2) is 17.9 Å². The number of rotatable bonds is 7. The minimum Gasteiger partial charge on any atom is -0.490 e. The minimum absolute atomic E-state index is 0.162. The molecule has 0 atom stereocenters. The molecule has 2 rings (SSSR count). The summed E-state index contributed by atoms with van der Waals surface area (Å²) in [5.74, 6) is 1.31. The highest BCUT2D eigenvalue weighted by Gasteiger charge is 2.13. The van der Waals surface area contributed by atoms with Crippen LogP contribution in [0.4, 0.5) is 0 Å². The third-order valence-corrected chi connectivity index (χ3v) is 4.28. The molecule has 0 bridgehead atoms. The van der Waals surface area contributed by atoms with E-state index < -0.39 is 0 Å². The zero-order valence-electron chi connectivity index (χ0n) is 13.5. The van der Waals surface area contributed by atoms with E-state index in [9.17, 15) is 0 Å². The quantitative estimate of drug-likeness (QED) is 0.318. The predicted molar refractivity (Wildman–Crippen MR) is 110 cm³/mol. The number of hydrazone groups is 1. The van der Waals surface area contributed by atoms with E-state index in [0.29, 0.717) is 24.7 Å². The molecule has 0 saturated heterocycles. The SMILES string of the molecule is CCOc1cc(C=[NH+]NC(N)=S)cc(Br)c1OCc1ccc(Br)cc1. The number of hydrogen-bond donors (Lipinski definition) is 3. The van der Waals surface area contributed by atoms with Crippen molar-refractivity contribution < 1.29 is 14.6 Å². The first-order valence-electron chi connectivity index (χ1n) is 7.47. The smallest absolute Gasteiger partial charge is 0.221 e. The fourth-order valence-electron chi connectivity index (χ4n) is 2.00. The van der Waals surface area contributed by atoms with Gasteiger partial charge in [0.15, 0.2) is 17.7 Å². The second-order valence-corrected chi connectivity index (χ2v) is 7.17. The molecule has 0 aromatic heterocycles. The zero-order chi connectivity index (χ0) is 18.2. The van der Waals surface area contributed by atoms with Gasteiger partial charge in [0.25, 0.3) is 0 Å². The number of hydrogen-bond acceptors (Lipinski definition) is 3. The van der Waals surface area contributed by atoms with E-state index in [4.69, 9.17) is 27.4 Å². The molecular formula is C17H18Br2N3O2S+. The fourth-order valence-corrected chi connectivity index (χ4v) is 2.90. The van der Waals surface area contributed by atoms with Crippen molar-refractivity contribution in [2.45, 2.75) is 13.5 Å². The summed E-state index contributed by atoms with van der Waals surface area (Å²) in [7, 11) is 0. The number of ether oxygens (including phenoxy) is 2. The van der Waals surface area contributed by atoms with Gasteiger partial charge in [-0.3, -0.25) is 0 Å². The van der Waals surface area contributed by atoms with Crippen LogP contribution < -0.4 is 25.7 Å². The molecule has 0 spiro atoms. The van der Waals surface area contributed by atoms with Crippen LogP contribution in [0, 0.1) is 0 Å². The average molecular weight is 488 g/mol. The first kappa shape index (κ1) is 19.7. The summed E-state index contributed by atoms with van der Waals surface area (Å²) in [5.41, 5.74) is 9.95. The first-order valence-corrected chi connectivity index (χ1v) is 9.46. The van der Waals surface area contributed by atoms with Crippen molar-refractivity contribution in [1.29, 1.82) is 0 Å². The van der Waals surface area contributed by atoms with Crippen molar-refractivity contribution >= 4 is 55.4 Å². The van der Waals surface area contributed by atoms with E-state index in [1.807, 2.05) is 43.3 Å². The summed E-state index contributed by atoms with van der Waals surface area (Å²) >= 11 is 11.7. The predicted octanol–water partition coefficient (Wildman–Crippen LogP) is 2.44. The van der Waals surface area contributed by atoms with E-state index in [2.05, 4.69) is 42.4 Å². The Balaban J connectivity index is 2.19. The number of hydrazine groups is 1. The molecule has 25 heavy (non-hydrogen) atoms. The molecule has 0 aliphatic heterocycles. The number of benzene rings is 2. The van der Waals surface area contributed by atoms with Crippen molar-refractivity contribution in [1.82, 2.24) is 5.43 Å². The Labute approximate surface area is 168 Å². The van der Waals surface area contributed by atoms with Crippen LogP contribution in [0.1, 0.15) is 18.1 Å². The Morgan fingerprint density at radius 1 is 1.24 bits per heavy atom. The molecule has 0 heterocycles. The first-order chi connectivity index (χ1) is 12.0. The number of nitrogens with two attached hydrogens (primary N) is 1. The summed E-state index contributed by atoms with van der Waals surface area (Å²) in [6.45, 7) is 2.90. The van der Waals surface area contributed by atoms with Crippen molar-refractivity contribution in [3.05, 3.63) is 56.5 Å². The maximum Gasteiger partial charge on any atom is 0.221 e. The summed E-state index contributed by atoms with van der Waals surface area (Å²) in [5, 5.41) is 2.98. The molecule has 0 radical (unpaired) electrons. The lowest BCUT2D eigenvalue weighted by molar-refractivity contribution is -0.499. The molecule has 0 aliphatic carbocycles. The summed E-state index contributed by atoms with van der Waals surface area (Å²) in [6.07, 6.45) is 1.73. The third-order valence-electron chi connectivity index (χ3n) is 3.06. The van der Waals surface area contributed by atoms with Gasteiger partial charge in [0.2, 0.25) is 5.11 Å². The number of halogens is 2.